The highest BCUT2D eigenvalue weighted by Crippen LogP contribution is 2.15. The zero-order valence-electron chi connectivity index (χ0n) is 10.1. The molecule has 7 heteroatoms. The molecule has 102 valence electrons. The molecule has 0 saturated heterocycles. The third-order valence-corrected chi connectivity index (χ3v) is 2.69. The molecule has 1 atom stereocenters. The number of nitrogens with two attached hydrogens (primary N) is 1. The fourth-order valence-corrected chi connectivity index (χ4v) is 1.65. The zero-order valence-corrected chi connectivity index (χ0v) is 10.9. The number of amides is 2. The Morgan fingerprint density at radius 2 is 2.05 bits per heavy atom. The second kappa shape index (κ2) is 6.19. The molecular weight excluding hydrogens is 272 g/mol. The third kappa shape index (κ3) is 4.26. The number of nitrogens with one attached hydrogen (secondary N) is 1. The molecule has 0 spiro atoms. The first-order chi connectivity index (χ1) is 8.81. The number of halogens is 1. The molecule has 0 aliphatic heterocycles. The number of carboxylic acids is 1. The first kappa shape index (κ1) is 15.0. The Balaban J connectivity index is 2.90. The van der Waals surface area contributed by atoms with Gasteiger partial charge in [-0.3, -0.25) is 9.59 Å². The summed E-state index contributed by atoms with van der Waals surface area (Å²) in [5.74, 6) is -2.75. The van der Waals surface area contributed by atoms with E-state index in [0.717, 1.165) is 0 Å². The lowest BCUT2D eigenvalue weighted by Gasteiger charge is -2.14. The number of carbonyl (C=O) groups excluding carboxylic acids is 2. The number of carbonyl (C=O) groups is 3. The summed E-state index contributed by atoms with van der Waals surface area (Å²) in [6.45, 7) is 1.69. The molecular formula is C12H13ClN2O4. The van der Waals surface area contributed by atoms with Crippen LogP contribution in [0, 0.1) is 6.92 Å². The molecule has 0 aromatic heterocycles. The van der Waals surface area contributed by atoms with E-state index < -0.39 is 30.2 Å². The number of hydrogen-bond acceptors (Lipinski definition) is 3. The van der Waals surface area contributed by atoms with Gasteiger partial charge in [-0.25, -0.2) is 4.79 Å². The van der Waals surface area contributed by atoms with E-state index in [-0.39, 0.29) is 5.56 Å². The van der Waals surface area contributed by atoms with Crippen molar-refractivity contribution in [2.45, 2.75) is 19.4 Å². The van der Waals surface area contributed by atoms with Crippen molar-refractivity contribution < 1.29 is 19.5 Å². The fraction of sp³-hybridized carbons (Fsp3) is 0.250. The molecule has 6 nitrogen and oxygen atoms in total. The summed E-state index contributed by atoms with van der Waals surface area (Å²) in [7, 11) is 0. The van der Waals surface area contributed by atoms with E-state index in [0.29, 0.717) is 10.6 Å². The van der Waals surface area contributed by atoms with Crippen LogP contribution in [0.15, 0.2) is 18.2 Å². The summed E-state index contributed by atoms with van der Waals surface area (Å²) < 4.78 is 0. The van der Waals surface area contributed by atoms with E-state index in [4.69, 9.17) is 22.4 Å². The summed E-state index contributed by atoms with van der Waals surface area (Å²) in [5, 5.41) is 11.5. The summed E-state index contributed by atoms with van der Waals surface area (Å²) in [6.07, 6.45) is -0.472. The average molecular weight is 285 g/mol. The third-order valence-electron chi connectivity index (χ3n) is 2.45. The van der Waals surface area contributed by atoms with E-state index in [1.165, 1.54) is 6.07 Å². The minimum Gasteiger partial charge on any atom is -0.480 e. The second-order valence-electron chi connectivity index (χ2n) is 3.99. The van der Waals surface area contributed by atoms with Crippen LogP contribution in [-0.4, -0.2) is 28.9 Å². The fourth-order valence-electron chi connectivity index (χ4n) is 1.48. The van der Waals surface area contributed by atoms with Crippen LogP contribution in [0.25, 0.3) is 0 Å². The van der Waals surface area contributed by atoms with Crippen molar-refractivity contribution in [2.75, 3.05) is 0 Å². The predicted octanol–water partition coefficient (Wildman–Crippen LogP) is 0.707. The van der Waals surface area contributed by atoms with Gasteiger partial charge in [-0.2, -0.15) is 0 Å². The van der Waals surface area contributed by atoms with Gasteiger partial charge in [0, 0.05) is 10.6 Å². The standard InChI is InChI=1S/C12H13ClN2O4/c1-6-2-3-7(13)4-8(6)11(17)15-9(12(18)19)5-10(14)16/h2-4,9H,5H2,1H3,(H2,14,16)(H,15,17)(H,18,19)/t9-/m1/s1. The smallest absolute Gasteiger partial charge is 0.326 e. The molecule has 4 N–H and O–H groups in total. The number of primary amides is 1. The Kier molecular flexibility index (Phi) is 4.88. The second-order valence-corrected chi connectivity index (χ2v) is 4.43. The van der Waals surface area contributed by atoms with Crippen molar-refractivity contribution in [3.8, 4) is 0 Å². The molecule has 2 amide bonds. The molecule has 0 fully saturated rings. The first-order valence-electron chi connectivity index (χ1n) is 5.39. The van der Waals surface area contributed by atoms with Gasteiger partial charge >= 0.3 is 5.97 Å². The maximum absolute atomic E-state index is 11.9. The quantitative estimate of drug-likeness (QED) is 0.739. The number of carboxylic acid groups (broad SMARTS) is 1. The molecule has 0 bridgehead atoms. The highest BCUT2D eigenvalue weighted by atomic mass is 35.5. The van der Waals surface area contributed by atoms with E-state index >= 15 is 0 Å². The monoisotopic (exact) mass is 284 g/mol. The molecule has 0 aliphatic rings. The van der Waals surface area contributed by atoms with Crippen LogP contribution in [0.3, 0.4) is 0 Å². The molecule has 1 aromatic rings. The molecule has 1 aromatic carbocycles. The first-order valence-corrected chi connectivity index (χ1v) is 5.77. The topological polar surface area (TPSA) is 109 Å². The van der Waals surface area contributed by atoms with Gasteiger partial charge in [0.25, 0.3) is 5.91 Å². The molecule has 0 heterocycles. The minimum atomic E-state index is -1.36. The van der Waals surface area contributed by atoms with Crippen LogP contribution in [0.2, 0.25) is 5.02 Å². The van der Waals surface area contributed by atoms with Gasteiger partial charge in [-0.15, -0.1) is 0 Å². The molecule has 19 heavy (non-hydrogen) atoms. The lowest BCUT2D eigenvalue weighted by molar-refractivity contribution is -0.140. The van der Waals surface area contributed by atoms with Crippen LogP contribution in [-0.2, 0) is 9.59 Å². The Morgan fingerprint density at radius 1 is 1.42 bits per heavy atom. The lowest BCUT2D eigenvalue weighted by Crippen LogP contribution is -2.43. The summed E-state index contributed by atoms with van der Waals surface area (Å²) in [6, 6.07) is 3.32. The van der Waals surface area contributed by atoms with Gasteiger partial charge in [0.1, 0.15) is 6.04 Å². The van der Waals surface area contributed by atoms with Crippen LogP contribution < -0.4 is 11.1 Å². The van der Waals surface area contributed by atoms with Crippen molar-refractivity contribution in [3.05, 3.63) is 34.3 Å². The van der Waals surface area contributed by atoms with E-state index in [1.54, 1.807) is 19.1 Å². The van der Waals surface area contributed by atoms with Gasteiger partial charge in [-0.05, 0) is 24.6 Å². The average Bonchev–Trinajstić information content (AvgIpc) is 2.30. The number of hydrogen-bond donors (Lipinski definition) is 3. The van der Waals surface area contributed by atoms with Crippen molar-refractivity contribution in [1.29, 1.82) is 0 Å². The van der Waals surface area contributed by atoms with Crippen molar-refractivity contribution in [2.24, 2.45) is 5.73 Å². The van der Waals surface area contributed by atoms with Gasteiger partial charge in [0.2, 0.25) is 5.91 Å². The van der Waals surface area contributed by atoms with Gasteiger partial charge in [0.15, 0.2) is 0 Å². The summed E-state index contributed by atoms with van der Waals surface area (Å²) in [5.41, 5.74) is 5.82. The number of aliphatic carboxylic acids is 1. The Labute approximate surface area is 114 Å². The van der Waals surface area contributed by atoms with Crippen molar-refractivity contribution in [3.63, 3.8) is 0 Å². The highest BCUT2D eigenvalue weighted by molar-refractivity contribution is 6.31. The normalized spacial score (nSPS) is 11.7. The predicted molar refractivity (Wildman–Crippen MR) is 68.9 cm³/mol. The SMILES string of the molecule is Cc1ccc(Cl)cc1C(=O)N[C@H](CC(N)=O)C(=O)O. The minimum absolute atomic E-state index is 0.253. The van der Waals surface area contributed by atoms with Crippen LogP contribution >= 0.6 is 11.6 Å². The van der Waals surface area contributed by atoms with E-state index in [2.05, 4.69) is 5.32 Å². The number of rotatable bonds is 5. The van der Waals surface area contributed by atoms with Gasteiger partial charge in [0.05, 0.1) is 6.42 Å². The van der Waals surface area contributed by atoms with E-state index in [9.17, 15) is 14.4 Å². The molecule has 0 radical (unpaired) electrons. The van der Waals surface area contributed by atoms with Gasteiger partial charge in [-0.1, -0.05) is 17.7 Å². The number of benzene rings is 1. The maximum atomic E-state index is 11.9. The summed E-state index contributed by atoms with van der Waals surface area (Å²) in [4.78, 5) is 33.6. The Bertz CT molecular complexity index is 530. The van der Waals surface area contributed by atoms with Crippen LogP contribution in [0.4, 0.5) is 0 Å². The lowest BCUT2D eigenvalue weighted by atomic mass is 10.1. The highest BCUT2D eigenvalue weighted by Gasteiger charge is 2.23. The molecule has 1 rings (SSSR count). The van der Waals surface area contributed by atoms with Crippen LogP contribution in [0.5, 0.6) is 0 Å². The number of aryl methyl sites for hydroxylation is 1. The van der Waals surface area contributed by atoms with E-state index in [1.807, 2.05) is 0 Å². The van der Waals surface area contributed by atoms with Crippen molar-refractivity contribution >= 4 is 29.4 Å². The molecule has 0 aliphatic carbocycles. The molecule has 0 unspecified atom stereocenters. The van der Waals surface area contributed by atoms with Gasteiger partial charge < -0.3 is 16.2 Å². The largest absolute Gasteiger partial charge is 0.480 e. The molecule has 0 saturated carbocycles. The van der Waals surface area contributed by atoms with Crippen molar-refractivity contribution in [1.82, 2.24) is 5.32 Å². The maximum Gasteiger partial charge on any atom is 0.326 e. The summed E-state index contributed by atoms with van der Waals surface area (Å²) >= 11 is 5.77. The Morgan fingerprint density at radius 3 is 2.58 bits per heavy atom. The van der Waals surface area contributed by atoms with Crippen LogP contribution in [0.1, 0.15) is 22.3 Å². The zero-order chi connectivity index (χ0) is 14.6. The Hall–Kier alpha value is -2.08.